The van der Waals surface area contributed by atoms with Crippen LogP contribution in [0.1, 0.15) is 42.8 Å². The highest BCUT2D eigenvalue weighted by atomic mass is 32.2. The lowest BCUT2D eigenvalue weighted by Crippen LogP contribution is -2.15. The molecule has 0 atom stereocenters. The molecule has 31 heavy (non-hydrogen) atoms. The van der Waals surface area contributed by atoms with E-state index in [4.69, 9.17) is 4.74 Å². The molecule has 4 rings (SSSR count). The lowest BCUT2D eigenvalue weighted by Gasteiger charge is -2.10. The van der Waals surface area contributed by atoms with Gasteiger partial charge in [0.2, 0.25) is 5.91 Å². The molecule has 162 valence electrons. The number of carbonyl (C=O) groups is 2. The lowest BCUT2D eigenvalue weighted by molar-refractivity contribution is -0.142. The molecule has 2 aromatic heterocycles. The Hall–Kier alpha value is -2.72. The van der Waals surface area contributed by atoms with Crippen molar-refractivity contribution in [3.8, 4) is 0 Å². The summed E-state index contributed by atoms with van der Waals surface area (Å²) >= 11 is 2.65. The molecular weight excluding hydrogens is 434 g/mol. The van der Waals surface area contributed by atoms with Gasteiger partial charge in [-0.1, -0.05) is 42.1 Å². The summed E-state index contributed by atoms with van der Waals surface area (Å²) in [7, 11) is 0. The zero-order chi connectivity index (χ0) is 21.6. The summed E-state index contributed by atoms with van der Waals surface area (Å²) in [5.74, 6) is 1.15. The first kappa shape index (κ1) is 21.5. The van der Waals surface area contributed by atoms with Crippen LogP contribution in [0.3, 0.4) is 0 Å². The van der Waals surface area contributed by atoms with E-state index in [0.717, 1.165) is 23.8 Å². The molecule has 0 unspecified atom stereocenters. The average Bonchev–Trinajstić information content (AvgIpc) is 3.39. The largest absolute Gasteiger partial charge is 0.466 e. The number of ether oxygens (including phenoxy) is 1. The van der Waals surface area contributed by atoms with Crippen LogP contribution in [0.2, 0.25) is 0 Å². The van der Waals surface area contributed by atoms with Crippen LogP contribution >= 0.6 is 23.1 Å². The van der Waals surface area contributed by atoms with Gasteiger partial charge in [-0.05, 0) is 25.3 Å². The summed E-state index contributed by atoms with van der Waals surface area (Å²) in [5.41, 5.74) is 1.76. The smallest absolute Gasteiger partial charge is 0.311 e. The van der Waals surface area contributed by atoms with E-state index in [0.29, 0.717) is 29.9 Å². The fourth-order valence-corrected chi connectivity index (χ4v) is 4.53. The first-order valence-electron chi connectivity index (χ1n) is 10.1. The van der Waals surface area contributed by atoms with Gasteiger partial charge < -0.3 is 14.6 Å². The van der Waals surface area contributed by atoms with E-state index in [1.54, 1.807) is 12.3 Å². The maximum absolute atomic E-state index is 12.4. The highest BCUT2D eigenvalue weighted by Crippen LogP contribution is 2.40. The van der Waals surface area contributed by atoms with E-state index in [1.165, 1.54) is 28.7 Å². The number of rotatable bonds is 10. The van der Waals surface area contributed by atoms with Crippen molar-refractivity contribution in [2.75, 3.05) is 17.7 Å². The molecule has 8 nitrogen and oxygen atoms in total. The Balaban J connectivity index is 1.35. The Bertz CT molecular complexity index is 1050. The second-order valence-electron chi connectivity index (χ2n) is 7.15. The van der Waals surface area contributed by atoms with Gasteiger partial charge in [0.25, 0.3) is 0 Å². The van der Waals surface area contributed by atoms with E-state index in [1.807, 2.05) is 18.2 Å². The van der Waals surface area contributed by atoms with Crippen LogP contribution in [-0.2, 0) is 27.3 Å². The summed E-state index contributed by atoms with van der Waals surface area (Å²) in [5, 5.41) is 14.5. The molecule has 1 N–H and O–H groups in total. The van der Waals surface area contributed by atoms with Crippen LogP contribution in [0.5, 0.6) is 0 Å². The first-order valence-corrected chi connectivity index (χ1v) is 12.0. The van der Waals surface area contributed by atoms with Gasteiger partial charge in [0.1, 0.15) is 5.82 Å². The molecule has 0 saturated heterocycles. The van der Waals surface area contributed by atoms with E-state index in [9.17, 15) is 9.59 Å². The van der Waals surface area contributed by atoms with Crippen molar-refractivity contribution in [2.45, 2.75) is 43.8 Å². The number of esters is 1. The van der Waals surface area contributed by atoms with Gasteiger partial charge >= 0.3 is 5.97 Å². The average molecular weight is 458 g/mol. The molecule has 1 fully saturated rings. The van der Waals surface area contributed by atoms with Gasteiger partial charge in [-0.15, -0.1) is 21.5 Å². The molecule has 0 aliphatic heterocycles. The highest BCUT2D eigenvalue weighted by Gasteiger charge is 2.30. The highest BCUT2D eigenvalue weighted by molar-refractivity contribution is 7.99. The quantitative estimate of drug-likeness (QED) is 0.367. The van der Waals surface area contributed by atoms with Crippen molar-refractivity contribution >= 4 is 40.1 Å². The standard InChI is InChI=1S/C21H23N5O3S2/c1-2-29-18(28)10-16-12-30-20(22-16)23-17(27)13-31-21-25-24-19(15-8-9-15)26(21)11-14-6-4-3-5-7-14/h3-7,12,15H,2,8-11,13H2,1H3,(H,22,23,27). The van der Waals surface area contributed by atoms with Crippen LogP contribution in [0.25, 0.3) is 0 Å². The van der Waals surface area contributed by atoms with Crippen molar-refractivity contribution < 1.29 is 14.3 Å². The topological polar surface area (TPSA) is 99.0 Å². The Morgan fingerprint density at radius 1 is 1.26 bits per heavy atom. The van der Waals surface area contributed by atoms with Gasteiger partial charge in [0.05, 0.1) is 31.0 Å². The molecule has 3 aromatic rings. The van der Waals surface area contributed by atoms with Gasteiger partial charge in [-0.2, -0.15) is 0 Å². The van der Waals surface area contributed by atoms with Crippen LogP contribution in [-0.4, -0.2) is 44.0 Å². The third kappa shape index (κ3) is 5.92. The monoisotopic (exact) mass is 457 g/mol. The lowest BCUT2D eigenvalue weighted by atomic mass is 10.2. The van der Waals surface area contributed by atoms with Gasteiger partial charge in [0, 0.05) is 11.3 Å². The molecule has 1 aromatic carbocycles. The minimum Gasteiger partial charge on any atom is -0.466 e. The van der Waals surface area contributed by atoms with Crippen molar-refractivity contribution in [3.63, 3.8) is 0 Å². The number of nitrogens with zero attached hydrogens (tertiary/aromatic N) is 4. The van der Waals surface area contributed by atoms with Crippen LogP contribution in [0, 0.1) is 0 Å². The van der Waals surface area contributed by atoms with Crippen LogP contribution < -0.4 is 5.32 Å². The Labute approximate surface area is 188 Å². The number of hydrogen-bond donors (Lipinski definition) is 1. The fraction of sp³-hybridized carbons (Fsp3) is 0.381. The fourth-order valence-electron chi connectivity index (χ4n) is 3.06. The van der Waals surface area contributed by atoms with E-state index in [-0.39, 0.29) is 24.1 Å². The van der Waals surface area contributed by atoms with Crippen molar-refractivity contribution in [2.24, 2.45) is 0 Å². The number of carbonyl (C=O) groups excluding carboxylic acids is 2. The van der Waals surface area contributed by atoms with Gasteiger partial charge in [0.15, 0.2) is 10.3 Å². The number of hydrogen-bond acceptors (Lipinski definition) is 8. The summed E-state index contributed by atoms with van der Waals surface area (Å²) in [6.45, 7) is 2.78. The summed E-state index contributed by atoms with van der Waals surface area (Å²) in [6, 6.07) is 10.2. The minimum absolute atomic E-state index is 0.0987. The molecule has 2 heterocycles. The van der Waals surface area contributed by atoms with E-state index < -0.39 is 0 Å². The Kier molecular flexibility index (Phi) is 6.98. The maximum atomic E-state index is 12.4. The number of thiazole rings is 1. The Morgan fingerprint density at radius 2 is 2.06 bits per heavy atom. The second-order valence-corrected chi connectivity index (χ2v) is 8.95. The molecule has 1 saturated carbocycles. The molecule has 1 aliphatic rings. The van der Waals surface area contributed by atoms with Crippen molar-refractivity contribution in [1.82, 2.24) is 19.7 Å². The van der Waals surface area contributed by atoms with E-state index in [2.05, 4.69) is 37.2 Å². The van der Waals surface area contributed by atoms with Crippen LogP contribution in [0.15, 0.2) is 40.9 Å². The predicted molar refractivity (Wildman–Crippen MR) is 119 cm³/mol. The van der Waals surface area contributed by atoms with Crippen molar-refractivity contribution in [1.29, 1.82) is 0 Å². The normalized spacial score (nSPS) is 13.2. The molecule has 10 heteroatoms. The molecule has 1 aliphatic carbocycles. The molecule has 0 spiro atoms. The van der Waals surface area contributed by atoms with Crippen molar-refractivity contribution in [3.05, 3.63) is 52.8 Å². The number of aromatic nitrogens is 4. The number of thioether (sulfide) groups is 1. The second kappa shape index (κ2) is 10.1. The predicted octanol–water partition coefficient (Wildman–Crippen LogP) is 3.50. The number of anilines is 1. The van der Waals surface area contributed by atoms with Crippen LogP contribution in [0.4, 0.5) is 5.13 Å². The summed E-state index contributed by atoms with van der Waals surface area (Å²) in [4.78, 5) is 28.3. The SMILES string of the molecule is CCOC(=O)Cc1csc(NC(=O)CSc2nnc(C3CC3)n2Cc2ccccc2)n1. The van der Waals surface area contributed by atoms with E-state index >= 15 is 0 Å². The number of nitrogens with one attached hydrogen (secondary N) is 1. The molecule has 0 bridgehead atoms. The minimum atomic E-state index is -0.328. The molecular formula is C21H23N5O3S2. The summed E-state index contributed by atoms with van der Waals surface area (Å²) in [6.07, 6.45) is 2.37. The third-order valence-electron chi connectivity index (χ3n) is 4.63. The summed E-state index contributed by atoms with van der Waals surface area (Å²) < 4.78 is 7.04. The zero-order valence-corrected chi connectivity index (χ0v) is 18.7. The number of amides is 1. The van der Waals surface area contributed by atoms with Gasteiger partial charge in [-0.25, -0.2) is 4.98 Å². The maximum Gasteiger partial charge on any atom is 0.311 e. The molecule has 0 radical (unpaired) electrons. The number of benzene rings is 1. The first-order chi connectivity index (χ1) is 15.1. The zero-order valence-electron chi connectivity index (χ0n) is 17.1. The Morgan fingerprint density at radius 3 is 2.81 bits per heavy atom. The molecule has 1 amide bonds. The van der Waals surface area contributed by atoms with Gasteiger partial charge in [-0.3, -0.25) is 9.59 Å². The third-order valence-corrected chi connectivity index (χ3v) is 6.41.